The zero-order valence-corrected chi connectivity index (χ0v) is 15.3. The van der Waals surface area contributed by atoms with Gasteiger partial charge in [0, 0.05) is 6.04 Å². The summed E-state index contributed by atoms with van der Waals surface area (Å²) in [6.07, 6.45) is 3.63. The van der Waals surface area contributed by atoms with E-state index < -0.39 is 16.0 Å². The first-order chi connectivity index (χ1) is 12.4. The van der Waals surface area contributed by atoms with Crippen molar-refractivity contribution in [1.29, 1.82) is 0 Å². The highest BCUT2D eigenvalue weighted by atomic mass is 32.2. The molecule has 1 aliphatic carbocycles. The Morgan fingerprint density at radius 2 is 1.65 bits per heavy atom. The molecule has 6 heteroatoms. The average molecular weight is 373 g/mol. The first-order valence-corrected chi connectivity index (χ1v) is 10.3. The van der Waals surface area contributed by atoms with Gasteiger partial charge < -0.3 is 5.11 Å². The van der Waals surface area contributed by atoms with Gasteiger partial charge in [0.2, 0.25) is 10.0 Å². The second kappa shape index (κ2) is 8.01. The fourth-order valence-corrected chi connectivity index (χ4v) is 4.93. The van der Waals surface area contributed by atoms with Crippen LogP contribution in [0, 0.1) is 5.92 Å². The molecule has 2 N–H and O–H groups in total. The highest BCUT2D eigenvalue weighted by Crippen LogP contribution is 2.30. The van der Waals surface area contributed by atoms with Gasteiger partial charge in [-0.3, -0.25) is 4.79 Å². The Kier molecular flexibility index (Phi) is 5.74. The minimum Gasteiger partial charge on any atom is -0.481 e. The minimum absolute atomic E-state index is 0.0171. The molecule has 0 heterocycles. The van der Waals surface area contributed by atoms with Crippen molar-refractivity contribution in [1.82, 2.24) is 4.72 Å². The summed E-state index contributed by atoms with van der Waals surface area (Å²) in [5.41, 5.74) is 1.88. The van der Waals surface area contributed by atoms with Crippen LogP contribution < -0.4 is 4.72 Å². The topological polar surface area (TPSA) is 83.5 Å². The summed E-state index contributed by atoms with van der Waals surface area (Å²) in [5.74, 6) is -0.595. The molecule has 1 aliphatic rings. The number of nitrogens with one attached hydrogen (secondary N) is 1. The molecule has 1 saturated carbocycles. The molecular formula is C20H23NO4S. The van der Waals surface area contributed by atoms with Crippen LogP contribution in [-0.4, -0.2) is 25.5 Å². The first-order valence-electron chi connectivity index (χ1n) is 8.81. The number of hydrogen-bond acceptors (Lipinski definition) is 3. The summed E-state index contributed by atoms with van der Waals surface area (Å²) >= 11 is 0. The van der Waals surface area contributed by atoms with Crippen molar-refractivity contribution in [3.05, 3.63) is 65.7 Å². The number of hydrogen-bond donors (Lipinski definition) is 2. The van der Waals surface area contributed by atoms with Crippen molar-refractivity contribution in [2.75, 3.05) is 0 Å². The van der Waals surface area contributed by atoms with Gasteiger partial charge in [-0.2, -0.15) is 0 Å². The second-order valence-corrected chi connectivity index (χ2v) is 8.54. The van der Waals surface area contributed by atoms with Crippen molar-refractivity contribution in [2.24, 2.45) is 5.92 Å². The molecule has 1 fully saturated rings. The van der Waals surface area contributed by atoms with E-state index in [2.05, 4.69) is 4.72 Å². The molecule has 0 aliphatic heterocycles. The highest BCUT2D eigenvalue weighted by molar-refractivity contribution is 7.89. The van der Waals surface area contributed by atoms with Gasteiger partial charge in [0.05, 0.1) is 11.3 Å². The SMILES string of the molecule is O=C(O)Cc1ccc(C[C@@H]2CCC[C@H]2NS(=O)(=O)c2ccccc2)cc1. The van der Waals surface area contributed by atoms with E-state index in [1.54, 1.807) is 30.3 Å². The van der Waals surface area contributed by atoms with Crippen LogP contribution in [0.4, 0.5) is 0 Å². The Bertz CT molecular complexity index is 847. The van der Waals surface area contributed by atoms with Crippen molar-refractivity contribution >= 4 is 16.0 Å². The fourth-order valence-electron chi connectivity index (χ4n) is 3.57. The molecule has 26 heavy (non-hydrogen) atoms. The smallest absolute Gasteiger partial charge is 0.307 e. The molecule has 2 atom stereocenters. The maximum absolute atomic E-state index is 12.6. The number of benzene rings is 2. The molecule has 0 spiro atoms. The van der Waals surface area contributed by atoms with Crippen molar-refractivity contribution < 1.29 is 18.3 Å². The normalized spacial score (nSPS) is 20.2. The molecule has 2 aromatic carbocycles. The number of rotatable bonds is 7. The fraction of sp³-hybridized carbons (Fsp3) is 0.350. The third kappa shape index (κ3) is 4.71. The van der Waals surface area contributed by atoms with Crippen LogP contribution in [0.1, 0.15) is 30.4 Å². The second-order valence-electron chi connectivity index (χ2n) is 6.82. The molecule has 2 aromatic rings. The summed E-state index contributed by atoms with van der Waals surface area (Å²) in [4.78, 5) is 11.1. The summed E-state index contributed by atoms with van der Waals surface area (Å²) in [6.45, 7) is 0. The maximum Gasteiger partial charge on any atom is 0.307 e. The lowest BCUT2D eigenvalue weighted by Crippen LogP contribution is -2.38. The lowest BCUT2D eigenvalue weighted by molar-refractivity contribution is -0.136. The Morgan fingerprint density at radius 1 is 1.00 bits per heavy atom. The van der Waals surface area contributed by atoms with E-state index in [4.69, 9.17) is 5.11 Å². The predicted octanol–water partition coefficient (Wildman–Crippen LogP) is 3.00. The Morgan fingerprint density at radius 3 is 2.31 bits per heavy atom. The molecule has 0 saturated heterocycles. The van der Waals surface area contributed by atoms with Crippen LogP contribution in [-0.2, 0) is 27.7 Å². The minimum atomic E-state index is -3.50. The van der Waals surface area contributed by atoms with Gasteiger partial charge in [-0.1, -0.05) is 48.9 Å². The molecule has 5 nitrogen and oxygen atoms in total. The van der Waals surface area contributed by atoms with Crippen LogP contribution in [0.3, 0.4) is 0 Å². The number of aliphatic carboxylic acids is 1. The summed E-state index contributed by atoms with van der Waals surface area (Å²) in [7, 11) is -3.50. The molecular weight excluding hydrogens is 350 g/mol. The van der Waals surface area contributed by atoms with Gasteiger partial charge in [0.1, 0.15) is 0 Å². The third-order valence-electron chi connectivity index (χ3n) is 4.90. The van der Waals surface area contributed by atoms with Gasteiger partial charge in [-0.15, -0.1) is 0 Å². The van der Waals surface area contributed by atoms with E-state index in [1.165, 1.54) is 0 Å². The van der Waals surface area contributed by atoms with Gasteiger partial charge in [-0.25, -0.2) is 13.1 Å². The van der Waals surface area contributed by atoms with Crippen LogP contribution in [0.25, 0.3) is 0 Å². The Hall–Kier alpha value is -2.18. The van der Waals surface area contributed by atoms with Crippen LogP contribution >= 0.6 is 0 Å². The van der Waals surface area contributed by atoms with E-state index in [0.29, 0.717) is 4.90 Å². The summed E-state index contributed by atoms with van der Waals surface area (Å²) in [5, 5.41) is 8.84. The van der Waals surface area contributed by atoms with E-state index in [9.17, 15) is 13.2 Å². The first kappa shape index (κ1) is 18.6. The monoisotopic (exact) mass is 373 g/mol. The Labute approximate surface area is 154 Å². The zero-order valence-electron chi connectivity index (χ0n) is 14.5. The molecule has 0 unspecified atom stereocenters. The average Bonchev–Trinajstić information content (AvgIpc) is 3.03. The van der Waals surface area contributed by atoms with E-state index >= 15 is 0 Å². The van der Waals surface area contributed by atoms with E-state index in [1.807, 2.05) is 24.3 Å². The molecule has 0 amide bonds. The molecule has 0 radical (unpaired) electrons. The molecule has 0 aromatic heterocycles. The number of carbonyl (C=O) groups is 1. The highest BCUT2D eigenvalue weighted by Gasteiger charge is 2.31. The van der Waals surface area contributed by atoms with Crippen molar-refractivity contribution in [3.63, 3.8) is 0 Å². The summed E-state index contributed by atoms with van der Waals surface area (Å²) < 4.78 is 28.0. The van der Waals surface area contributed by atoms with E-state index in [0.717, 1.165) is 36.8 Å². The van der Waals surface area contributed by atoms with Gasteiger partial charge >= 0.3 is 5.97 Å². The standard InChI is InChI=1S/C20H23NO4S/c22-20(23)14-16-11-9-15(10-12-16)13-17-5-4-8-19(17)21-26(24,25)18-6-2-1-3-7-18/h1-3,6-7,9-12,17,19,21H,4-5,8,13-14H2,(H,22,23)/t17-,19+/m0/s1. The maximum atomic E-state index is 12.6. The van der Waals surface area contributed by atoms with Crippen molar-refractivity contribution in [2.45, 2.75) is 43.0 Å². The van der Waals surface area contributed by atoms with Crippen LogP contribution in [0.15, 0.2) is 59.5 Å². The largest absolute Gasteiger partial charge is 0.481 e. The summed E-state index contributed by atoms with van der Waals surface area (Å²) in [6, 6.07) is 15.9. The van der Waals surface area contributed by atoms with Gasteiger partial charge in [0.25, 0.3) is 0 Å². The van der Waals surface area contributed by atoms with Gasteiger partial charge in [-0.05, 0) is 48.4 Å². The zero-order chi connectivity index (χ0) is 18.6. The Balaban J connectivity index is 1.66. The molecule has 138 valence electrons. The van der Waals surface area contributed by atoms with Gasteiger partial charge in [0.15, 0.2) is 0 Å². The van der Waals surface area contributed by atoms with Crippen molar-refractivity contribution in [3.8, 4) is 0 Å². The number of carboxylic acids is 1. The quantitative estimate of drug-likeness (QED) is 0.781. The molecule has 3 rings (SSSR count). The third-order valence-corrected chi connectivity index (χ3v) is 6.40. The lowest BCUT2D eigenvalue weighted by Gasteiger charge is -2.21. The lowest BCUT2D eigenvalue weighted by atomic mass is 9.94. The molecule has 0 bridgehead atoms. The number of sulfonamides is 1. The number of carboxylic acid groups (broad SMARTS) is 1. The van der Waals surface area contributed by atoms with Crippen LogP contribution in [0.5, 0.6) is 0 Å². The predicted molar refractivity (Wildman–Crippen MR) is 99.4 cm³/mol. The van der Waals surface area contributed by atoms with E-state index in [-0.39, 0.29) is 18.4 Å². The van der Waals surface area contributed by atoms with Crippen LogP contribution in [0.2, 0.25) is 0 Å².